The van der Waals surface area contributed by atoms with Gasteiger partial charge in [-0.25, -0.2) is 4.98 Å². The highest BCUT2D eigenvalue weighted by atomic mass is 32.1. The number of hydrogen-bond donors (Lipinski definition) is 1. The van der Waals surface area contributed by atoms with Gasteiger partial charge in [0.15, 0.2) is 0 Å². The SMILES string of the molecule is CC(CO)c1csc(Cc2cccs2)n1. The summed E-state index contributed by atoms with van der Waals surface area (Å²) in [5.74, 6) is 0.151. The van der Waals surface area contributed by atoms with Gasteiger partial charge >= 0.3 is 0 Å². The van der Waals surface area contributed by atoms with Crippen LogP contribution in [0.3, 0.4) is 0 Å². The van der Waals surface area contributed by atoms with Crippen molar-refractivity contribution < 1.29 is 5.11 Å². The first-order valence-electron chi connectivity index (χ1n) is 4.87. The smallest absolute Gasteiger partial charge is 0.0980 e. The minimum absolute atomic E-state index is 0.151. The van der Waals surface area contributed by atoms with Crippen LogP contribution in [-0.2, 0) is 6.42 Å². The van der Waals surface area contributed by atoms with E-state index in [0.717, 1.165) is 17.1 Å². The highest BCUT2D eigenvalue weighted by Crippen LogP contribution is 2.21. The van der Waals surface area contributed by atoms with Crippen LogP contribution in [-0.4, -0.2) is 16.7 Å². The lowest BCUT2D eigenvalue weighted by molar-refractivity contribution is 0.271. The number of thiophene rings is 1. The van der Waals surface area contributed by atoms with Gasteiger partial charge in [0.25, 0.3) is 0 Å². The standard InChI is InChI=1S/C11H13NOS2/c1-8(6-13)10-7-15-11(12-10)5-9-3-2-4-14-9/h2-4,7-8,13H,5-6H2,1H3. The molecule has 2 aromatic rings. The maximum absolute atomic E-state index is 9.02. The molecule has 15 heavy (non-hydrogen) atoms. The number of hydrogen-bond acceptors (Lipinski definition) is 4. The third kappa shape index (κ3) is 2.65. The van der Waals surface area contributed by atoms with Crippen LogP contribution in [0.2, 0.25) is 0 Å². The monoisotopic (exact) mass is 239 g/mol. The normalized spacial score (nSPS) is 12.9. The summed E-state index contributed by atoms with van der Waals surface area (Å²) in [7, 11) is 0. The summed E-state index contributed by atoms with van der Waals surface area (Å²) in [6.45, 7) is 2.16. The van der Waals surface area contributed by atoms with E-state index < -0.39 is 0 Å². The summed E-state index contributed by atoms with van der Waals surface area (Å²) in [5, 5.41) is 14.3. The fraction of sp³-hybridized carbons (Fsp3) is 0.364. The lowest BCUT2D eigenvalue weighted by Gasteiger charge is -2.01. The Morgan fingerprint density at radius 2 is 2.33 bits per heavy atom. The predicted octanol–water partition coefficient (Wildman–Crippen LogP) is 2.89. The molecule has 1 N–H and O–H groups in total. The Kier molecular flexibility index (Phi) is 3.51. The molecular formula is C11H13NOS2. The van der Waals surface area contributed by atoms with Crippen molar-refractivity contribution in [2.45, 2.75) is 19.3 Å². The highest BCUT2D eigenvalue weighted by Gasteiger charge is 2.09. The van der Waals surface area contributed by atoms with Gasteiger partial charge in [-0.3, -0.25) is 0 Å². The molecule has 0 aliphatic rings. The van der Waals surface area contributed by atoms with Crippen LogP contribution in [0.15, 0.2) is 22.9 Å². The van der Waals surface area contributed by atoms with Crippen molar-refractivity contribution in [3.8, 4) is 0 Å². The summed E-state index contributed by atoms with van der Waals surface area (Å²) in [6, 6.07) is 4.19. The number of nitrogens with zero attached hydrogens (tertiary/aromatic N) is 1. The summed E-state index contributed by atoms with van der Waals surface area (Å²) < 4.78 is 0. The van der Waals surface area contributed by atoms with E-state index in [4.69, 9.17) is 5.11 Å². The molecule has 0 aromatic carbocycles. The van der Waals surface area contributed by atoms with Crippen molar-refractivity contribution in [1.82, 2.24) is 4.98 Å². The van der Waals surface area contributed by atoms with E-state index in [1.165, 1.54) is 4.88 Å². The van der Waals surface area contributed by atoms with Crippen molar-refractivity contribution in [3.63, 3.8) is 0 Å². The average molecular weight is 239 g/mol. The molecule has 0 fully saturated rings. The van der Waals surface area contributed by atoms with Crippen molar-refractivity contribution >= 4 is 22.7 Å². The summed E-state index contributed by atoms with van der Waals surface area (Å²) in [4.78, 5) is 5.86. The number of thiazole rings is 1. The first-order valence-corrected chi connectivity index (χ1v) is 6.63. The molecule has 0 saturated carbocycles. The van der Waals surface area contributed by atoms with Gasteiger partial charge in [-0.1, -0.05) is 13.0 Å². The molecule has 0 aliphatic carbocycles. The molecule has 1 unspecified atom stereocenters. The van der Waals surface area contributed by atoms with Gasteiger partial charge in [-0.2, -0.15) is 0 Å². The molecule has 2 nitrogen and oxygen atoms in total. The van der Waals surface area contributed by atoms with Gasteiger partial charge in [0.2, 0.25) is 0 Å². The third-order valence-corrected chi connectivity index (χ3v) is 4.00. The fourth-order valence-corrected chi connectivity index (χ4v) is 3.03. The van der Waals surface area contributed by atoms with Gasteiger partial charge in [-0.05, 0) is 11.4 Å². The second-order valence-corrected chi connectivity index (χ2v) is 5.48. The van der Waals surface area contributed by atoms with Crippen molar-refractivity contribution in [2.75, 3.05) is 6.61 Å². The van der Waals surface area contributed by atoms with E-state index in [9.17, 15) is 0 Å². The van der Waals surface area contributed by atoms with Crippen LogP contribution < -0.4 is 0 Å². The molecule has 0 bridgehead atoms. The molecular weight excluding hydrogens is 226 g/mol. The maximum atomic E-state index is 9.02. The van der Waals surface area contributed by atoms with E-state index in [-0.39, 0.29) is 12.5 Å². The lowest BCUT2D eigenvalue weighted by atomic mass is 10.1. The number of rotatable bonds is 4. The quantitative estimate of drug-likeness (QED) is 0.890. The summed E-state index contributed by atoms with van der Waals surface area (Å²) in [6.07, 6.45) is 0.917. The van der Waals surface area contributed by atoms with Crippen LogP contribution in [0.1, 0.15) is 28.4 Å². The van der Waals surface area contributed by atoms with Crippen molar-refractivity contribution in [1.29, 1.82) is 0 Å². The van der Waals surface area contributed by atoms with E-state index in [2.05, 4.69) is 22.5 Å². The molecule has 2 heterocycles. The minimum atomic E-state index is 0.151. The van der Waals surface area contributed by atoms with E-state index >= 15 is 0 Å². The second-order valence-electron chi connectivity index (χ2n) is 3.51. The molecule has 4 heteroatoms. The molecule has 80 valence electrons. The van der Waals surface area contributed by atoms with Gasteiger partial charge in [0.1, 0.15) is 0 Å². The first-order chi connectivity index (χ1) is 7.29. The average Bonchev–Trinajstić information content (AvgIpc) is 2.88. The zero-order valence-corrected chi connectivity index (χ0v) is 10.1. The van der Waals surface area contributed by atoms with Crippen LogP contribution >= 0.6 is 22.7 Å². The molecule has 2 rings (SSSR count). The highest BCUT2D eigenvalue weighted by molar-refractivity contribution is 7.11. The summed E-state index contributed by atoms with van der Waals surface area (Å²) >= 11 is 3.43. The number of aromatic nitrogens is 1. The number of aliphatic hydroxyl groups is 1. The van der Waals surface area contributed by atoms with Gasteiger partial charge in [0, 0.05) is 22.6 Å². The zero-order chi connectivity index (χ0) is 10.7. The lowest BCUT2D eigenvalue weighted by Crippen LogP contribution is -1.99. The Labute approximate surface area is 97.2 Å². The van der Waals surface area contributed by atoms with Crippen molar-refractivity contribution in [2.24, 2.45) is 0 Å². The molecule has 0 spiro atoms. The number of aliphatic hydroxyl groups excluding tert-OH is 1. The fourth-order valence-electron chi connectivity index (χ4n) is 1.29. The topological polar surface area (TPSA) is 33.1 Å². The zero-order valence-electron chi connectivity index (χ0n) is 8.51. The van der Waals surface area contributed by atoms with Crippen LogP contribution in [0.4, 0.5) is 0 Å². The Bertz CT molecular complexity index is 408. The van der Waals surface area contributed by atoms with Crippen LogP contribution in [0.5, 0.6) is 0 Å². The van der Waals surface area contributed by atoms with Gasteiger partial charge in [0.05, 0.1) is 17.3 Å². The van der Waals surface area contributed by atoms with Gasteiger partial charge in [-0.15, -0.1) is 22.7 Å². The van der Waals surface area contributed by atoms with E-state index in [0.29, 0.717) is 0 Å². The third-order valence-electron chi connectivity index (χ3n) is 2.25. The first kappa shape index (κ1) is 10.8. The Morgan fingerprint density at radius 1 is 1.47 bits per heavy atom. The summed E-state index contributed by atoms with van der Waals surface area (Å²) in [5.41, 5.74) is 1.01. The van der Waals surface area contributed by atoms with E-state index in [1.807, 2.05) is 12.3 Å². The minimum Gasteiger partial charge on any atom is -0.396 e. The van der Waals surface area contributed by atoms with Gasteiger partial charge < -0.3 is 5.11 Å². The molecule has 0 amide bonds. The Morgan fingerprint density at radius 3 is 3.00 bits per heavy atom. The van der Waals surface area contributed by atoms with Crippen LogP contribution in [0, 0.1) is 0 Å². The maximum Gasteiger partial charge on any atom is 0.0980 e. The largest absolute Gasteiger partial charge is 0.396 e. The molecule has 1 atom stereocenters. The van der Waals surface area contributed by atoms with Crippen LogP contribution in [0.25, 0.3) is 0 Å². The Hall–Kier alpha value is -0.710. The molecule has 2 aromatic heterocycles. The van der Waals surface area contributed by atoms with Crippen molar-refractivity contribution in [3.05, 3.63) is 38.5 Å². The van der Waals surface area contributed by atoms with E-state index in [1.54, 1.807) is 22.7 Å². The second kappa shape index (κ2) is 4.88. The molecule has 0 radical (unpaired) electrons. The molecule has 0 saturated heterocycles. The Balaban J connectivity index is 2.07. The molecule has 0 aliphatic heterocycles. The predicted molar refractivity (Wildman–Crippen MR) is 64.7 cm³/mol.